The van der Waals surface area contributed by atoms with Crippen LogP contribution in [0.5, 0.6) is 0 Å². The van der Waals surface area contributed by atoms with Crippen LogP contribution >= 0.6 is 20.7 Å². The quantitative estimate of drug-likeness (QED) is 0.731. The summed E-state index contributed by atoms with van der Waals surface area (Å²) in [5, 5.41) is 10.6. The van der Waals surface area contributed by atoms with Crippen LogP contribution in [0.25, 0.3) is 0 Å². The summed E-state index contributed by atoms with van der Waals surface area (Å²) in [6.07, 6.45) is 8.63. The van der Waals surface area contributed by atoms with E-state index >= 15 is 0 Å². The van der Waals surface area contributed by atoms with Gasteiger partial charge in [-0.05, 0) is 57.0 Å². The molecule has 23 heavy (non-hydrogen) atoms. The highest BCUT2D eigenvalue weighted by molar-refractivity contribution is 14.2. The van der Waals surface area contributed by atoms with Crippen LogP contribution in [-0.2, 0) is 0 Å². The van der Waals surface area contributed by atoms with E-state index in [9.17, 15) is 5.11 Å². The van der Waals surface area contributed by atoms with Crippen molar-refractivity contribution in [3.63, 3.8) is 0 Å². The van der Waals surface area contributed by atoms with Gasteiger partial charge in [-0.1, -0.05) is 63.2 Å². The zero-order chi connectivity index (χ0) is 15.6. The Morgan fingerprint density at radius 2 is 1.83 bits per heavy atom. The molecule has 0 unspecified atom stereocenters. The molecule has 0 bridgehead atoms. The minimum absolute atomic E-state index is 0.0685. The largest absolute Gasteiger partial charge is 0.391 e. The van der Waals surface area contributed by atoms with Gasteiger partial charge in [-0.2, -0.15) is 0 Å². The molecule has 0 aromatic heterocycles. The van der Waals surface area contributed by atoms with Crippen molar-refractivity contribution in [3.8, 4) is 0 Å². The van der Waals surface area contributed by atoms with E-state index in [-0.39, 0.29) is 26.8 Å². The van der Waals surface area contributed by atoms with Crippen LogP contribution in [0.1, 0.15) is 37.2 Å². The Morgan fingerprint density at radius 1 is 1.04 bits per heavy atom. The van der Waals surface area contributed by atoms with Crippen LogP contribution in [-0.4, -0.2) is 39.3 Å². The average molecular weight is 421 g/mol. The minimum Gasteiger partial charge on any atom is -0.391 e. The van der Waals surface area contributed by atoms with Crippen LogP contribution < -0.4 is 0 Å². The summed E-state index contributed by atoms with van der Waals surface area (Å²) in [7, 11) is 0. The van der Waals surface area contributed by atoms with E-state index in [0.717, 1.165) is 25.9 Å². The number of likely N-dealkylation sites (tertiary alicyclic amines) is 1. The normalized spacial score (nSPS) is 29.3. The highest BCUT2D eigenvalue weighted by Gasteiger charge is 2.34. The molecule has 1 aromatic rings. The number of rotatable bonds is 2. The highest BCUT2D eigenvalue weighted by atomic mass is 127. The maximum atomic E-state index is 10.6. The van der Waals surface area contributed by atoms with E-state index in [4.69, 9.17) is 0 Å². The number of halogens is 1. The molecule has 1 aromatic carbocycles. The molecule has 0 spiro atoms. The first kappa shape index (κ1) is 15.7. The lowest BCUT2D eigenvalue weighted by Crippen LogP contribution is -2.48. The molecule has 2 nitrogen and oxygen atoms in total. The van der Waals surface area contributed by atoms with Gasteiger partial charge in [0.1, 0.15) is 0 Å². The van der Waals surface area contributed by atoms with Gasteiger partial charge < -0.3 is 5.11 Å². The Bertz CT molecular complexity index is 641. The monoisotopic (exact) mass is 421 g/mol. The van der Waals surface area contributed by atoms with Crippen LogP contribution in [0.15, 0.2) is 51.6 Å². The van der Waals surface area contributed by atoms with E-state index < -0.39 is 0 Å². The lowest BCUT2D eigenvalue weighted by atomic mass is 9.86. The van der Waals surface area contributed by atoms with E-state index in [0.29, 0.717) is 12.0 Å². The maximum absolute atomic E-state index is 10.6. The fraction of sp³-hybridized carbons (Fsp3) is 0.450. The number of hydrogen-bond acceptors (Lipinski definition) is 2. The first-order chi connectivity index (χ1) is 11.3. The molecule has 2 heterocycles. The summed E-state index contributed by atoms with van der Waals surface area (Å²) in [4.78, 5) is 2.57. The van der Waals surface area contributed by atoms with E-state index in [1.165, 1.54) is 24.0 Å². The lowest BCUT2D eigenvalue weighted by molar-refractivity contribution is 0.0321. The number of allylic oxidation sites excluding steroid dienone is 2. The second-order valence-corrected chi connectivity index (χ2v) is 9.43. The number of nitrogens with zero attached hydrogens (tertiary/aromatic N) is 1. The summed E-state index contributed by atoms with van der Waals surface area (Å²) >= 11 is 0.0685. The van der Waals surface area contributed by atoms with E-state index in [2.05, 4.69) is 51.4 Å². The van der Waals surface area contributed by atoms with Gasteiger partial charge in [0, 0.05) is 12.5 Å². The molecular formula is C20H24INO. The van der Waals surface area contributed by atoms with Crippen molar-refractivity contribution in [2.24, 2.45) is 0 Å². The zero-order valence-corrected chi connectivity index (χ0v) is 15.5. The fourth-order valence-corrected chi connectivity index (χ4v) is 6.48. The molecule has 0 radical (unpaired) electrons. The van der Waals surface area contributed by atoms with Crippen molar-refractivity contribution >= 4 is 24.7 Å². The van der Waals surface area contributed by atoms with Crippen molar-refractivity contribution < 1.29 is 5.11 Å². The third-order valence-electron chi connectivity index (χ3n) is 5.44. The molecule has 2 atom stereocenters. The van der Waals surface area contributed by atoms with Gasteiger partial charge in [-0.25, -0.2) is 0 Å². The third-order valence-corrected chi connectivity index (χ3v) is 8.10. The SMILES string of the molecule is O[C@@H]1CC2=C(C[C@H]1N1CCC(c3ccccc3)CC1)I=CC=C2. The van der Waals surface area contributed by atoms with Gasteiger partial charge in [0.05, 0.1) is 6.10 Å². The Labute approximate surface area is 148 Å². The summed E-state index contributed by atoms with van der Waals surface area (Å²) in [6, 6.07) is 11.3. The first-order valence-corrected chi connectivity index (χ1v) is 11.0. The van der Waals surface area contributed by atoms with Crippen LogP contribution in [0.4, 0.5) is 0 Å². The first-order valence-electron chi connectivity index (χ1n) is 8.63. The second kappa shape index (κ2) is 6.99. The maximum Gasteiger partial charge on any atom is 0.0739 e. The lowest BCUT2D eigenvalue weighted by Gasteiger charge is -2.42. The van der Waals surface area contributed by atoms with Crippen molar-refractivity contribution in [1.29, 1.82) is 0 Å². The topological polar surface area (TPSA) is 23.5 Å². The van der Waals surface area contributed by atoms with Crippen molar-refractivity contribution in [1.82, 2.24) is 4.90 Å². The number of benzene rings is 1. The Kier molecular flexibility index (Phi) is 4.78. The van der Waals surface area contributed by atoms with E-state index in [1.807, 2.05) is 0 Å². The molecule has 0 amide bonds. The average Bonchev–Trinajstić information content (AvgIpc) is 2.62. The second-order valence-electron chi connectivity index (χ2n) is 6.79. The Hall–Kier alpha value is -0.780. The van der Waals surface area contributed by atoms with Crippen molar-refractivity contribution in [2.75, 3.05) is 13.1 Å². The Morgan fingerprint density at radius 3 is 2.61 bits per heavy atom. The van der Waals surface area contributed by atoms with Gasteiger partial charge in [-0.3, -0.25) is 4.90 Å². The number of aliphatic hydroxyl groups is 1. The fourth-order valence-electron chi connectivity index (χ4n) is 4.12. The van der Waals surface area contributed by atoms with Gasteiger partial charge in [0.25, 0.3) is 0 Å². The number of aliphatic hydroxyl groups excluding tert-OH is 1. The molecule has 3 heteroatoms. The van der Waals surface area contributed by atoms with Crippen molar-refractivity contribution in [3.05, 3.63) is 57.2 Å². The van der Waals surface area contributed by atoms with Crippen LogP contribution in [0.2, 0.25) is 0 Å². The minimum atomic E-state index is -0.186. The summed E-state index contributed by atoms with van der Waals surface area (Å²) in [5.41, 5.74) is 2.92. The molecular weight excluding hydrogens is 397 g/mol. The summed E-state index contributed by atoms with van der Waals surface area (Å²) in [6.45, 7) is 2.25. The molecule has 1 fully saturated rings. The Balaban J connectivity index is 1.42. The summed E-state index contributed by atoms with van der Waals surface area (Å²) in [5.74, 6) is 0.696. The smallest absolute Gasteiger partial charge is 0.0739 e. The molecule has 1 saturated heterocycles. The third kappa shape index (κ3) is 3.37. The van der Waals surface area contributed by atoms with Gasteiger partial charge in [-0.15, -0.1) is 0 Å². The molecule has 122 valence electrons. The van der Waals surface area contributed by atoms with Gasteiger partial charge in [0.15, 0.2) is 0 Å². The van der Waals surface area contributed by atoms with Crippen LogP contribution in [0, 0.1) is 0 Å². The highest BCUT2D eigenvalue weighted by Crippen LogP contribution is 2.39. The predicted molar refractivity (Wildman–Crippen MR) is 105 cm³/mol. The molecule has 0 saturated carbocycles. The molecule has 2 aliphatic heterocycles. The number of piperidine rings is 1. The van der Waals surface area contributed by atoms with Crippen molar-refractivity contribution in [2.45, 2.75) is 43.7 Å². The molecule has 3 aliphatic rings. The van der Waals surface area contributed by atoms with Crippen LogP contribution in [0.3, 0.4) is 0 Å². The molecule has 4 rings (SSSR count). The van der Waals surface area contributed by atoms with Gasteiger partial charge >= 0.3 is 0 Å². The molecule has 1 N–H and O–H groups in total. The molecule has 1 aliphatic carbocycles. The predicted octanol–water partition coefficient (Wildman–Crippen LogP) is 3.99. The zero-order valence-electron chi connectivity index (χ0n) is 13.4. The van der Waals surface area contributed by atoms with E-state index in [1.54, 1.807) is 3.58 Å². The summed E-state index contributed by atoms with van der Waals surface area (Å²) < 4.78 is 4.01. The number of hydrogen-bond donors (Lipinski definition) is 1. The standard InChI is InChI=1S/C20H24INO/c23-20-13-17-7-4-10-21-18(17)14-19(20)22-11-8-16(9-12-22)15-5-2-1-3-6-15/h1-7,10,16,19-20,23H,8-9,11-14H2/t19-,20-/m1/s1. The van der Waals surface area contributed by atoms with Gasteiger partial charge in [0.2, 0.25) is 0 Å².